The molecule has 0 radical (unpaired) electrons. The fourth-order valence-electron chi connectivity index (χ4n) is 1.95. The Balaban J connectivity index is 2.65. The lowest BCUT2D eigenvalue weighted by Gasteiger charge is -2.30. The van der Waals surface area contributed by atoms with Gasteiger partial charge in [0.05, 0.1) is 0 Å². The summed E-state index contributed by atoms with van der Waals surface area (Å²) in [5.74, 6) is 0.113. The summed E-state index contributed by atoms with van der Waals surface area (Å²) in [5.41, 5.74) is 1.85. The van der Waals surface area contributed by atoms with Crippen molar-refractivity contribution in [3.63, 3.8) is 0 Å². The summed E-state index contributed by atoms with van der Waals surface area (Å²) in [5, 5.41) is 3.47. The zero-order valence-electron chi connectivity index (χ0n) is 11.7. The van der Waals surface area contributed by atoms with Crippen LogP contribution in [0.15, 0.2) is 24.3 Å². The zero-order chi connectivity index (χ0) is 13.6. The standard InChI is InChI=1S/C15H23NOS/c1-5-15(6-2,18-4)11-16-14-9-7-13(8-10-14)12(3)17/h7-10,16H,5-6,11H2,1-4H3. The Morgan fingerprint density at radius 3 is 2.17 bits per heavy atom. The summed E-state index contributed by atoms with van der Waals surface area (Å²) < 4.78 is 0.305. The van der Waals surface area contributed by atoms with Gasteiger partial charge in [0.1, 0.15) is 0 Å². The van der Waals surface area contributed by atoms with Crippen LogP contribution in [-0.4, -0.2) is 23.3 Å². The van der Waals surface area contributed by atoms with Crippen LogP contribution in [0.4, 0.5) is 5.69 Å². The van der Waals surface area contributed by atoms with Gasteiger partial charge in [-0.15, -0.1) is 0 Å². The number of nitrogens with one attached hydrogen (secondary N) is 1. The lowest BCUT2D eigenvalue weighted by atomic mass is 10.0. The molecule has 0 amide bonds. The van der Waals surface area contributed by atoms with Crippen molar-refractivity contribution in [2.45, 2.75) is 38.4 Å². The first kappa shape index (κ1) is 15.1. The van der Waals surface area contributed by atoms with Crippen molar-refractivity contribution in [3.8, 4) is 0 Å². The molecule has 0 fully saturated rings. The normalized spacial score (nSPS) is 11.3. The highest BCUT2D eigenvalue weighted by Crippen LogP contribution is 2.30. The van der Waals surface area contributed by atoms with Crippen molar-refractivity contribution in [2.75, 3.05) is 18.1 Å². The molecule has 0 saturated heterocycles. The van der Waals surface area contributed by atoms with Crippen LogP contribution in [0.3, 0.4) is 0 Å². The predicted octanol–water partition coefficient (Wildman–Crippen LogP) is 4.22. The molecule has 0 aliphatic heterocycles. The molecule has 0 atom stereocenters. The monoisotopic (exact) mass is 265 g/mol. The minimum absolute atomic E-state index is 0.113. The maximum atomic E-state index is 11.2. The van der Waals surface area contributed by atoms with Gasteiger partial charge in [0, 0.05) is 22.5 Å². The van der Waals surface area contributed by atoms with E-state index < -0.39 is 0 Å². The number of hydrogen-bond acceptors (Lipinski definition) is 3. The van der Waals surface area contributed by atoms with E-state index in [1.165, 1.54) is 0 Å². The van der Waals surface area contributed by atoms with Gasteiger partial charge in [0.2, 0.25) is 0 Å². The minimum Gasteiger partial charge on any atom is -0.384 e. The first-order chi connectivity index (χ1) is 8.56. The van der Waals surface area contributed by atoms with Crippen LogP contribution in [0.5, 0.6) is 0 Å². The molecule has 0 heterocycles. The number of rotatable bonds is 7. The fraction of sp³-hybridized carbons (Fsp3) is 0.533. The Labute approximate surface area is 115 Å². The second kappa shape index (κ2) is 6.83. The molecule has 0 aliphatic carbocycles. The second-order valence-corrected chi connectivity index (χ2v) is 5.86. The number of carbonyl (C=O) groups is 1. The third-order valence-electron chi connectivity index (χ3n) is 3.63. The maximum absolute atomic E-state index is 11.2. The van der Waals surface area contributed by atoms with E-state index in [2.05, 4.69) is 25.4 Å². The van der Waals surface area contributed by atoms with E-state index in [1.54, 1.807) is 6.92 Å². The van der Waals surface area contributed by atoms with Gasteiger partial charge in [-0.1, -0.05) is 13.8 Å². The molecule has 0 bridgehead atoms. The number of Topliss-reactive ketones (excluding diaryl/α,β-unsaturated/α-hetero) is 1. The topological polar surface area (TPSA) is 29.1 Å². The Hall–Kier alpha value is -0.960. The highest BCUT2D eigenvalue weighted by Gasteiger charge is 2.24. The maximum Gasteiger partial charge on any atom is 0.159 e. The summed E-state index contributed by atoms with van der Waals surface area (Å²) in [4.78, 5) is 11.2. The number of benzene rings is 1. The molecule has 2 nitrogen and oxygen atoms in total. The number of ketones is 1. The van der Waals surface area contributed by atoms with Crippen LogP contribution in [0, 0.1) is 0 Å². The molecule has 18 heavy (non-hydrogen) atoms. The molecule has 100 valence electrons. The van der Waals surface area contributed by atoms with E-state index in [-0.39, 0.29) is 5.78 Å². The quantitative estimate of drug-likeness (QED) is 0.748. The average molecular weight is 265 g/mol. The number of anilines is 1. The number of hydrogen-bond donors (Lipinski definition) is 1. The largest absolute Gasteiger partial charge is 0.384 e. The third kappa shape index (κ3) is 3.77. The van der Waals surface area contributed by atoms with E-state index >= 15 is 0 Å². The summed E-state index contributed by atoms with van der Waals surface area (Å²) in [6, 6.07) is 7.72. The Bertz CT molecular complexity index is 374. The lowest BCUT2D eigenvalue weighted by Crippen LogP contribution is -2.31. The van der Waals surface area contributed by atoms with Crippen LogP contribution < -0.4 is 5.32 Å². The highest BCUT2D eigenvalue weighted by atomic mass is 32.2. The van der Waals surface area contributed by atoms with Crippen molar-refractivity contribution in [2.24, 2.45) is 0 Å². The van der Waals surface area contributed by atoms with E-state index in [1.807, 2.05) is 36.0 Å². The Morgan fingerprint density at radius 1 is 1.22 bits per heavy atom. The Morgan fingerprint density at radius 2 is 1.78 bits per heavy atom. The zero-order valence-corrected chi connectivity index (χ0v) is 12.6. The molecular formula is C15H23NOS. The molecular weight excluding hydrogens is 242 g/mol. The van der Waals surface area contributed by atoms with E-state index in [0.29, 0.717) is 4.75 Å². The number of carbonyl (C=O) groups excluding carboxylic acids is 1. The van der Waals surface area contributed by atoms with E-state index in [4.69, 9.17) is 0 Å². The van der Waals surface area contributed by atoms with Gasteiger partial charge in [0.25, 0.3) is 0 Å². The smallest absolute Gasteiger partial charge is 0.159 e. The van der Waals surface area contributed by atoms with E-state index in [0.717, 1.165) is 30.6 Å². The van der Waals surface area contributed by atoms with Gasteiger partial charge in [0.15, 0.2) is 5.78 Å². The first-order valence-electron chi connectivity index (χ1n) is 6.47. The van der Waals surface area contributed by atoms with E-state index in [9.17, 15) is 4.79 Å². The summed E-state index contributed by atoms with van der Waals surface area (Å²) in [6.45, 7) is 7.02. The fourth-order valence-corrected chi connectivity index (χ4v) is 2.74. The lowest BCUT2D eigenvalue weighted by molar-refractivity contribution is 0.101. The van der Waals surface area contributed by atoms with Crippen LogP contribution in [0.2, 0.25) is 0 Å². The third-order valence-corrected chi connectivity index (χ3v) is 5.22. The molecule has 0 aliphatic rings. The van der Waals surface area contributed by atoms with Crippen molar-refractivity contribution in [3.05, 3.63) is 29.8 Å². The molecule has 0 spiro atoms. The van der Waals surface area contributed by atoms with Crippen molar-refractivity contribution < 1.29 is 4.79 Å². The molecule has 1 N–H and O–H groups in total. The molecule has 1 aromatic rings. The first-order valence-corrected chi connectivity index (χ1v) is 7.69. The van der Waals surface area contributed by atoms with Gasteiger partial charge in [-0.2, -0.15) is 11.8 Å². The summed E-state index contributed by atoms with van der Waals surface area (Å²) >= 11 is 1.93. The van der Waals surface area contributed by atoms with Crippen molar-refractivity contribution in [1.82, 2.24) is 0 Å². The molecule has 1 rings (SSSR count). The van der Waals surface area contributed by atoms with Crippen molar-refractivity contribution >= 4 is 23.2 Å². The Kier molecular flexibility index (Phi) is 5.73. The molecule has 0 unspecified atom stereocenters. The van der Waals surface area contributed by atoms with Gasteiger partial charge in [-0.3, -0.25) is 4.79 Å². The highest BCUT2D eigenvalue weighted by molar-refractivity contribution is 8.00. The van der Waals surface area contributed by atoms with Gasteiger partial charge >= 0.3 is 0 Å². The van der Waals surface area contributed by atoms with Gasteiger partial charge in [-0.25, -0.2) is 0 Å². The van der Waals surface area contributed by atoms with Crippen LogP contribution in [-0.2, 0) is 0 Å². The van der Waals surface area contributed by atoms with Gasteiger partial charge in [-0.05, 0) is 50.3 Å². The predicted molar refractivity (Wildman–Crippen MR) is 81.8 cm³/mol. The second-order valence-electron chi connectivity index (χ2n) is 4.58. The van der Waals surface area contributed by atoms with Crippen LogP contribution >= 0.6 is 11.8 Å². The molecule has 3 heteroatoms. The minimum atomic E-state index is 0.113. The molecule has 0 saturated carbocycles. The SMILES string of the molecule is CCC(CC)(CNc1ccc(C(C)=O)cc1)SC. The number of thioether (sulfide) groups is 1. The van der Waals surface area contributed by atoms with Crippen LogP contribution in [0.25, 0.3) is 0 Å². The average Bonchev–Trinajstić information content (AvgIpc) is 2.41. The summed E-state index contributed by atoms with van der Waals surface area (Å²) in [6.07, 6.45) is 4.49. The van der Waals surface area contributed by atoms with Crippen LogP contribution in [0.1, 0.15) is 44.0 Å². The molecule has 0 aromatic heterocycles. The molecule has 1 aromatic carbocycles. The van der Waals surface area contributed by atoms with Crippen molar-refractivity contribution in [1.29, 1.82) is 0 Å². The van der Waals surface area contributed by atoms with Gasteiger partial charge < -0.3 is 5.32 Å². The summed E-state index contributed by atoms with van der Waals surface area (Å²) in [7, 11) is 0.